The zero-order valence-corrected chi connectivity index (χ0v) is 22.1. The molecule has 0 N–H and O–H groups in total. The summed E-state index contributed by atoms with van der Waals surface area (Å²) in [5, 5.41) is 0.532. The third-order valence-electron chi connectivity index (χ3n) is 6.94. The highest BCUT2D eigenvalue weighted by Gasteiger charge is 2.53. The predicted octanol–water partition coefficient (Wildman–Crippen LogP) is 5.28. The van der Waals surface area contributed by atoms with Crippen molar-refractivity contribution in [1.82, 2.24) is 0 Å². The predicted molar refractivity (Wildman–Crippen MR) is 140 cm³/mol. The van der Waals surface area contributed by atoms with Gasteiger partial charge in [0.15, 0.2) is 5.78 Å². The van der Waals surface area contributed by atoms with Crippen molar-refractivity contribution in [2.45, 2.75) is 39.0 Å². The molecule has 2 aromatic rings. The number of nitrogens with zero attached hydrogens (tertiary/aromatic N) is 1. The molecule has 0 saturated heterocycles. The summed E-state index contributed by atoms with van der Waals surface area (Å²) < 4.78 is 16.1. The van der Waals surface area contributed by atoms with E-state index in [0.717, 1.165) is 11.1 Å². The number of allylic oxidation sites excluding steroid dienone is 1. The van der Waals surface area contributed by atoms with Crippen LogP contribution in [0.15, 0.2) is 64.8 Å². The van der Waals surface area contributed by atoms with Crippen LogP contribution < -0.4 is 4.74 Å². The zero-order chi connectivity index (χ0) is 26.7. The Bertz CT molecular complexity index is 1270. The van der Waals surface area contributed by atoms with Crippen molar-refractivity contribution in [3.63, 3.8) is 0 Å². The first-order valence-corrected chi connectivity index (χ1v) is 12.7. The largest absolute Gasteiger partial charge is 0.497 e. The summed E-state index contributed by atoms with van der Waals surface area (Å²) in [5.74, 6) is -3.85. The molecule has 37 heavy (non-hydrogen) atoms. The summed E-state index contributed by atoms with van der Waals surface area (Å²) in [6.07, 6.45) is 0.352. The highest BCUT2D eigenvalue weighted by Crippen LogP contribution is 2.48. The molecule has 0 spiro atoms. The Kier molecular flexibility index (Phi) is 8.13. The minimum Gasteiger partial charge on any atom is -0.497 e. The van der Waals surface area contributed by atoms with Crippen molar-refractivity contribution in [1.29, 1.82) is 0 Å². The number of Topliss-reactive ketones (excluding diaryl/α,β-unsaturated/α-hetero) is 1. The van der Waals surface area contributed by atoms with Crippen LogP contribution in [0, 0.1) is 11.8 Å². The monoisotopic (exact) mass is 523 g/mol. The minimum absolute atomic E-state index is 0.146. The Balaban J connectivity index is 1.89. The van der Waals surface area contributed by atoms with Crippen LogP contribution in [0.2, 0.25) is 5.02 Å². The molecule has 7 nitrogen and oxygen atoms in total. The quantitative estimate of drug-likeness (QED) is 0.362. The van der Waals surface area contributed by atoms with Gasteiger partial charge >= 0.3 is 11.9 Å². The molecule has 1 aliphatic carbocycles. The smallest absolute Gasteiger partial charge is 0.336 e. The maximum atomic E-state index is 14.3. The van der Waals surface area contributed by atoms with Crippen LogP contribution in [-0.2, 0) is 23.9 Å². The van der Waals surface area contributed by atoms with Crippen LogP contribution in [0.3, 0.4) is 0 Å². The van der Waals surface area contributed by atoms with Gasteiger partial charge in [-0.2, -0.15) is 0 Å². The highest BCUT2D eigenvalue weighted by molar-refractivity contribution is 6.30. The number of aliphatic imine (C=N–C) groups is 1. The van der Waals surface area contributed by atoms with E-state index in [1.807, 2.05) is 24.3 Å². The molecule has 4 atom stereocenters. The summed E-state index contributed by atoms with van der Waals surface area (Å²) in [7, 11) is 1.57. The minimum atomic E-state index is -1.06. The van der Waals surface area contributed by atoms with Crippen LogP contribution in [-0.4, -0.2) is 43.8 Å². The molecule has 2 aromatic carbocycles. The fourth-order valence-electron chi connectivity index (χ4n) is 5.37. The first-order chi connectivity index (χ1) is 17.8. The second-order valence-electron chi connectivity index (χ2n) is 9.05. The van der Waals surface area contributed by atoms with Crippen molar-refractivity contribution in [2.24, 2.45) is 16.8 Å². The zero-order valence-electron chi connectivity index (χ0n) is 21.3. The molecule has 0 bridgehead atoms. The molecule has 0 aromatic heterocycles. The fraction of sp³-hybridized carbons (Fsp3) is 0.379. The second-order valence-corrected chi connectivity index (χ2v) is 9.49. The number of esters is 2. The van der Waals surface area contributed by atoms with E-state index in [1.54, 1.807) is 52.1 Å². The van der Waals surface area contributed by atoms with Gasteiger partial charge in [0.25, 0.3) is 0 Å². The number of benzene rings is 2. The summed E-state index contributed by atoms with van der Waals surface area (Å²) >= 11 is 6.14. The summed E-state index contributed by atoms with van der Waals surface area (Å²) in [6, 6.07) is 14.4. The molecule has 4 rings (SSSR count). The van der Waals surface area contributed by atoms with E-state index in [2.05, 4.69) is 0 Å². The number of methoxy groups -OCH3 is 1. The molecular formula is C29H30ClNO6. The van der Waals surface area contributed by atoms with Gasteiger partial charge < -0.3 is 14.2 Å². The molecule has 4 unspecified atom stereocenters. The highest BCUT2D eigenvalue weighted by atomic mass is 35.5. The van der Waals surface area contributed by atoms with E-state index in [0.29, 0.717) is 34.2 Å². The second kappa shape index (κ2) is 11.3. The summed E-state index contributed by atoms with van der Waals surface area (Å²) in [4.78, 5) is 45.4. The number of ether oxygens (including phenoxy) is 3. The van der Waals surface area contributed by atoms with Gasteiger partial charge in [-0.15, -0.1) is 0 Å². The molecule has 0 amide bonds. The third-order valence-corrected chi connectivity index (χ3v) is 7.19. The lowest BCUT2D eigenvalue weighted by Gasteiger charge is -2.41. The normalized spacial score (nSPS) is 23.2. The average Bonchev–Trinajstić information content (AvgIpc) is 2.88. The molecule has 1 heterocycles. The Hall–Kier alpha value is -3.45. The number of rotatable bonds is 7. The lowest BCUT2D eigenvalue weighted by molar-refractivity contribution is -0.153. The first kappa shape index (κ1) is 26.6. The molecule has 0 radical (unpaired) electrons. The SMILES string of the molecule is CCOC(=O)C1=C(C)N=C2CC(c3cccc(OC)c3)C(C(=O)OCC)C(=O)C2C1c1ccc(Cl)cc1. The molecule has 1 saturated carbocycles. The van der Waals surface area contributed by atoms with Crippen LogP contribution in [0.25, 0.3) is 0 Å². The van der Waals surface area contributed by atoms with Gasteiger partial charge in [0, 0.05) is 28.3 Å². The van der Waals surface area contributed by atoms with Crippen LogP contribution in [0.1, 0.15) is 50.2 Å². The number of halogens is 1. The van der Waals surface area contributed by atoms with Gasteiger partial charge in [0.2, 0.25) is 0 Å². The Morgan fingerprint density at radius 3 is 2.35 bits per heavy atom. The van der Waals surface area contributed by atoms with E-state index in [9.17, 15) is 14.4 Å². The number of hydrogen-bond acceptors (Lipinski definition) is 7. The lowest BCUT2D eigenvalue weighted by atomic mass is 9.62. The van der Waals surface area contributed by atoms with Crippen molar-refractivity contribution in [3.8, 4) is 5.75 Å². The summed E-state index contributed by atoms with van der Waals surface area (Å²) in [6.45, 7) is 5.51. The number of carbonyl (C=O) groups is 3. The molecule has 8 heteroatoms. The summed E-state index contributed by atoms with van der Waals surface area (Å²) in [5.41, 5.74) is 2.95. The molecular weight excluding hydrogens is 494 g/mol. The van der Waals surface area contributed by atoms with Crippen molar-refractivity contribution in [3.05, 3.63) is 76.0 Å². The Morgan fingerprint density at radius 1 is 1.00 bits per heavy atom. The van der Waals surface area contributed by atoms with Gasteiger partial charge in [-0.3, -0.25) is 14.6 Å². The molecule has 1 aliphatic heterocycles. The van der Waals surface area contributed by atoms with E-state index < -0.39 is 35.6 Å². The lowest BCUT2D eigenvalue weighted by Crippen LogP contribution is -2.48. The standard InChI is InChI=1S/C29H30ClNO6/c1-5-36-28(33)23-16(3)31-22-15-21(18-8-7-9-20(14-18)35-4)25(29(34)37-6-2)27(32)26(22)24(23)17-10-12-19(30)13-11-17/h7-14,21,24-26H,5-6,15H2,1-4H3. The average molecular weight is 524 g/mol. The number of carbonyl (C=O) groups excluding carboxylic acids is 3. The number of hydrogen-bond donors (Lipinski definition) is 0. The fourth-order valence-corrected chi connectivity index (χ4v) is 5.50. The molecule has 1 fully saturated rings. The molecule has 194 valence electrons. The van der Waals surface area contributed by atoms with Gasteiger partial charge in [-0.25, -0.2) is 4.79 Å². The van der Waals surface area contributed by atoms with Crippen LogP contribution >= 0.6 is 11.6 Å². The van der Waals surface area contributed by atoms with Crippen LogP contribution in [0.5, 0.6) is 5.75 Å². The van der Waals surface area contributed by atoms with Crippen molar-refractivity contribution < 1.29 is 28.6 Å². The maximum absolute atomic E-state index is 14.3. The van der Waals surface area contributed by atoms with Crippen molar-refractivity contribution >= 4 is 35.0 Å². The van der Waals surface area contributed by atoms with E-state index >= 15 is 0 Å². The maximum Gasteiger partial charge on any atom is 0.336 e. The Labute approximate surface area is 221 Å². The Morgan fingerprint density at radius 2 is 1.70 bits per heavy atom. The van der Waals surface area contributed by atoms with Crippen molar-refractivity contribution in [2.75, 3.05) is 20.3 Å². The van der Waals surface area contributed by atoms with E-state index in [4.69, 9.17) is 30.8 Å². The van der Waals surface area contributed by atoms with Gasteiger partial charge in [-0.05, 0) is 62.6 Å². The first-order valence-electron chi connectivity index (χ1n) is 12.4. The third kappa shape index (κ3) is 5.18. The van der Waals surface area contributed by atoms with E-state index in [-0.39, 0.29) is 19.0 Å². The van der Waals surface area contributed by atoms with E-state index in [1.165, 1.54) is 0 Å². The number of ketones is 1. The topological polar surface area (TPSA) is 91.3 Å². The van der Waals surface area contributed by atoms with Crippen LogP contribution in [0.4, 0.5) is 0 Å². The van der Waals surface area contributed by atoms with Gasteiger partial charge in [0.05, 0.1) is 31.8 Å². The van der Waals surface area contributed by atoms with Gasteiger partial charge in [-0.1, -0.05) is 35.9 Å². The van der Waals surface area contributed by atoms with Gasteiger partial charge in [0.1, 0.15) is 11.7 Å². The number of fused-ring (bicyclic) bond motifs is 1. The molecule has 2 aliphatic rings.